The largest absolute Gasteiger partial charge is 0.469 e. The summed E-state index contributed by atoms with van der Waals surface area (Å²) < 4.78 is 5.11. The second kappa shape index (κ2) is 2.90. The summed E-state index contributed by atoms with van der Waals surface area (Å²) in [6.07, 6.45) is 3.81. The van der Waals surface area contributed by atoms with Crippen LogP contribution in [0, 0.1) is 6.92 Å². The van der Waals surface area contributed by atoms with Gasteiger partial charge in [-0.15, -0.1) is 0 Å². The van der Waals surface area contributed by atoms with Crippen LogP contribution in [0.4, 0.5) is 0 Å². The molecule has 1 N–H and O–H groups in total. The predicted molar refractivity (Wildman–Crippen MR) is 46.4 cm³/mol. The van der Waals surface area contributed by atoms with E-state index in [-0.39, 0.29) is 0 Å². The quantitative estimate of drug-likeness (QED) is 0.709. The molecule has 2 aromatic rings. The fourth-order valence-electron chi connectivity index (χ4n) is 1.16. The van der Waals surface area contributed by atoms with Gasteiger partial charge >= 0.3 is 0 Å². The van der Waals surface area contributed by atoms with Crippen molar-refractivity contribution < 1.29 is 9.21 Å². The van der Waals surface area contributed by atoms with E-state index in [9.17, 15) is 4.79 Å². The van der Waals surface area contributed by atoms with E-state index in [1.807, 2.05) is 13.0 Å². The highest BCUT2D eigenvalue weighted by molar-refractivity contribution is 5.73. The van der Waals surface area contributed by atoms with Crippen molar-refractivity contribution in [2.24, 2.45) is 0 Å². The van der Waals surface area contributed by atoms with Crippen LogP contribution in [0.3, 0.4) is 0 Å². The molecular formula is C9H8N2O2. The van der Waals surface area contributed by atoms with Gasteiger partial charge in [0.05, 0.1) is 23.7 Å². The van der Waals surface area contributed by atoms with Crippen LogP contribution in [0.15, 0.2) is 22.9 Å². The summed E-state index contributed by atoms with van der Waals surface area (Å²) in [5.41, 5.74) is 1.35. The van der Waals surface area contributed by atoms with Crippen molar-refractivity contribution in [2.75, 3.05) is 0 Å². The lowest BCUT2D eigenvalue weighted by molar-refractivity contribution is 0.111. The van der Waals surface area contributed by atoms with Crippen molar-refractivity contribution in [3.63, 3.8) is 0 Å². The first-order valence-electron chi connectivity index (χ1n) is 3.86. The van der Waals surface area contributed by atoms with Crippen LogP contribution in [0.5, 0.6) is 0 Å². The Hall–Kier alpha value is -1.84. The minimum absolute atomic E-state index is 0.468. The first-order chi connectivity index (χ1) is 6.31. The zero-order valence-corrected chi connectivity index (χ0v) is 7.07. The molecule has 0 saturated carbocycles. The van der Waals surface area contributed by atoms with E-state index in [0.717, 1.165) is 17.6 Å². The van der Waals surface area contributed by atoms with Gasteiger partial charge in [0.1, 0.15) is 11.6 Å². The second-order valence-corrected chi connectivity index (χ2v) is 2.70. The normalized spacial score (nSPS) is 10.2. The Morgan fingerprint density at radius 1 is 1.62 bits per heavy atom. The number of hydrogen-bond donors (Lipinski definition) is 1. The number of nitrogens with zero attached hydrogens (tertiary/aromatic N) is 1. The first-order valence-corrected chi connectivity index (χ1v) is 3.86. The average Bonchev–Trinajstić information content (AvgIpc) is 2.71. The summed E-state index contributed by atoms with van der Waals surface area (Å²) in [7, 11) is 0. The lowest BCUT2D eigenvalue weighted by atomic mass is 10.2. The lowest BCUT2D eigenvalue weighted by Gasteiger charge is -1.90. The average molecular weight is 176 g/mol. The molecule has 0 aliphatic heterocycles. The van der Waals surface area contributed by atoms with E-state index in [1.165, 1.54) is 6.20 Å². The molecule has 66 valence electrons. The monoisotopic (exact) mass is 176 g/mol. The summed E-state index contributed by atoms with van der Waals surface area (Å²) in [4.78, 5) is 17.3. The number of furan rings is 1. The number of aromatic amines is 1. The predicted octanol–water partition coefficient (Wildman–Crippen LogP) is 1.79. The molecular weight excluding hydrogens is 168 g/mol. The number of carbonyl (C=O) groups excluding carboxylic acids is 1. The maximum atomic E-state index is 10.4. The SMILES string of the molecule is Cc1occc1-c1ncc(C=O)[nH]1. The van der Waals surface area contributed by atoms with Crippen LogP contribution in [0.25, 0.3) is 11.4 Å². The third-order valence-electron chi connectivity index (χ3n) is 1.84. The van der Waals surface area contributed by atoms with E-state index in [2.05, 4.69) is 9.97 Å². The number of aromatic nitrogens is 2. The van der Waals surface area contributed by atoms with Crippen LogP contribution >= 0.6 is 0 Å². The minimum atomic E-state index is 0.468. The molecule has 2 rings (SSSR count). The number of H-pyrrole nitrogens is 1. The van der Waals surface area contributed by atoms with Crippen LogP contribution in [0.1, 0.15) is 16.2 Å². The lowest BCUT2D eigenvalue weighted by Crippen LogP contribution is -1.81. The Labute approximate surface area is 74.6 Å². The van der Waals surface area contributed by atoms with Gasteiger partial charge in [-0.2, -0.15) is 0 Å². The third-order valence-corrected chi connectivity index (χ3v) is 1.84. The number of nitrogens with one attached hydrogen (secondary N) is 1. The smallest absolute Gasteiger partial charge is 0.167 e. The Bertz CT molecular complexity index is 428. The maximum Gasteiger partial charge on any atom is 0.167 e. The van der Waals surface area contributed by atoms with Gasteiger partial charge in [0.2, 0.25) is 0 Å². The molecule has 0 bridgehead atoms. The Morgan fingerprint density at radius 2 is 2.46 bits per heavy atom. The van der Waals surface area contributed by atoms with Gasteiger partial charge in [-0.05, 0) is 13.0 Å². The Kier molecular flexibility index (Phi) is 1.73. The topological polar surface area (TPSA) is 58.9 Å². The molecule has 0 unspecified atom stereocenters. The number of hydrogen-bond acceptors (Lipinski definition) is 3. The molecule has 0 atom stereocenters. The van der Waals surface area contributed by atoms with Gasteiger partial charge in [0.15, 0.2) is 6.29 Å². The van der Waals surface area contributed by atoms with E-state index in [1.54, 1.807) is 6.26 Å². The highest BCUT2D eigenvalue weighted by Gasteiger charge is 2.07. The summed E-state index contributed by atoms with van der Waals surface area (Å²) in [6.45, 7) is 1.85. The summed E-state index contributed by atoms with van der Waals surface area (Å²) >= 11 is 0. The standard InChI is InChI=1S/C9H8N2O2/c1-6-8(2-3-13-6)9-10-4-7(5-12)11-9/h2-5H,1H3,(H,10,11). The van der Waals surface area contributed by atoms with Crippen LogP contribution in [-0.4, -0.2) is 16.3 Å². The van der Waals surface area contributed by atoms with Gasteiger partial charge in [-0.25, -0.2) is 4.98 Å². The molecule has 0 aromatic carbocycles. The van der Waals surface area contributed by atoms with Crippen molar-refractivity contribution in [3.05, 3.63) is 30.0 Å². The third kappa shape index (κ3) is 1.26. The molecule has 4 heteroatoms. The Balaban J connectivity index is 2.46. The fourth-order valence-corrected chi connectivity index (χ4v) is 1.16. The molecule has 2 aromatic heterocycles. The molecule has 13 heavy (non-hydrogen) atoms. The summed E-state index contributed by atoms with van der Waals surface area (Å²) in [5, 5.41) is 0. The molecule has 0 spiro atoms. The number of aldehydes is 1. The van der Waals surface area contributed by atoms with Gasteiger partial charge < -0.3 is 9.40 Å². The summed E-state index contributed by atoms with van der Waals surface area (Å²) in [6, 6.07) is 1.81. The summed E-state index contributed by atoms with van der Waals surface area (Å²) in [5.74, 6) is 1.44. The van der Waals surface area contributed by atoms with Gasteiger partial charge in [-0.1, -0.05) is 0 Å². The van der Waals surface area contributed by atoms with Crippen LogP contribution < -0.4 is 0 Å². The van der Waals surface area contributed by atoms with Crippen molar-refractivity contribution >= 4 is 6.29 Å². The molecule has 2 heterocycles. The van der Waals surface area contributed by atoms with E-state index in [4.69, 9.17) is 4.42 Å². The van der Waals surface area contributed by atoms with Crippen molar-refractivity contribution in [1.82, 2.24) is 9.97 Å². The first kappa shape index (κ1) is 7.79. The molecule has 4 nitrogen and oxygen atoms in total. The van der Waals surface area contributed by atoms with Crippen LogP contribution in [-0.2, 0) is 0 Å². The molecule has 0 radical (unpaired) electrons. The van der Waals surface area contributed by atoms with E-state index >= 15 is 0 Å². The highest BCUT2D eigenvalue weighted by Crippen LogP contribution is 2.20. The van der Waals surface area contributed by atoms with Crippen molar-refractivity contribution in [3.8, 4) is 11.4 Å². The van der Waals surface area contributed by atoms with E-state index in [0.29, 0.717) is 11.5 Å². The Morgan fingerprint density at radius 3 is 3.00 bits per heavy atom. The molecule has 0 aliphatic rings. The number of aryl methyl sites for hydroxylation is 1. The zero-order valence-electron chi connectivity index (χ0n) is 7.07. The maximum absolute atomic E-state index is 10.4. The van der Waals surface area contributed by atoms with Gasteiger partial charge in [-0.3, -0.25) is 4.79 Å². The number of carbonyl (C=O) groups is 1. The molecule has 0 aliphatic carbocycles. The minimum Gasteiger partial charge on any atom is -0.469 e. The molecule has 0 saturated heterocycles. The van der Waals surface area contributed by atoms with Gasteiger partial charge in [0.25, 0.3) is 0 Å². The van der Waals surface area contributed by atoms with Gasteiger partial charge in [0, 0.05) is 0 Å². The van der Waals surface area contributed by atoms with Crippen molar-refractivity contribution in [1.29, 1.82) is 0 Å². The van der Waals surface area contributed by atoms with E-state index < -0.39 is 0 Å². The second-order valence-electron chi connectivity index (χ2n) is 2.70. The molecule has 0 fully saturated rings. The fraction of sp³-hybridized carbons (Fsp3) is 0.111. The number of rotatable bonds is 2. The number of imidazole rings is 1. The van der Waals surface area contributed by atoms with Crippen LogP contribution in [0.2, 0.25) is 0 Å². The highest BCUT2D eigenvalue weighted by atomic mass is 16.3. The molecule has 0 amide bonds. The zero-order chi connectivity index (χ0) is 9.26. The van der Waals surface area contributed by atoms with Crippen molar-refractivity contribution in [2.45, 2.75) is 6.92 Å².